The average molecular weight is 609 g/mol. The first kappa shape index (κ1) is 32.7. The van der Waals surface area contributed by atoms with Crippen LogP contribution in [0.5, 0.6) is 5.75 Å². The van der Waals surface area contributed by atoms with E-state index in [0.717, 1.165) is 6.26 Å². The van der Waals surface area contributed by atoms with E-state index in [0.29, 0.717) is 0 Å². The number of amides is 1. The molecule has 1 aliphatic carbocycles. The first-order valence-electron chi connectivity index (χ1n) is 13.1. The molecule has 2 aromatic heterocycles. The number of halogens is 4. The average Bonchev–Trinajstić information content (AvgIpc) is 3.19. The molecule has 41 heavy (non-hydrogen) atoms. The zero-order valence-corrected chi connectivity index (χ0v) is 24.3. The first-order chi connectivity index (χ1) is 18.9. The predicted octanol–water partition coefficient (Wildman–Crippen LogP) is 3.13. The molecule has 0 spiro atoms. The Morgan fingerprint density at radius 3 is 2.51 bits per heavy atom. The number of ether oxygens (including phenoxy) is 1. The lowest BCUT2D eigenvalue weighted by Crippen LogP contribution is -2.56. The van der Waals surface area contributed by atoms with E-state index < -0.39 is 51.2 Å². The number of aryl methyl sites for hydroxylation is 1. The zero-order valence-electron chi connectivity index (χ0n) is 23.5. The SMILES string of the molecule is CCn1nc(C(=O)NCC2(O)CCC(S(C)(=O)=O)CC2O)c(C)c1-c1cnc(CC(C)(C)C(F)F)cc1OC(F)F. The number of hydrogen-bond acceptors (Lipinski definition) is 8. The van der Waals surface area contributed by atoms with E-state index in [2.05, 4.69) is 15.4 Å². The van der Waals surface area contributed by atoms with Crippen molar-refractivity contribution in [2.75, 3.05) is 12.8 Å². The standard InChI is InChI=1S/C26H36F4N4O6S/c1-6-34-21(17-12-31-15(9-18(17)40-24(29)30)11-25(3,4)23(27)28)14(2)20(33-34)22(36)32-13-26(37)8-7-16(10-19(26)35)41(5,38)39/h9,12,16,19,23-24,35,37H,6-8,10-11,13H2,1-5H3,(H,32,36). The van der Waals surface area contributed by atoms with Gasteiger partial charge in [0.25, 0.3) is 5.91 Å². The second-order valence-corrected chi connectivity index (χ2v) is 13.5. The van der Waals surface area contributed by atoms with Crippen LogP contribution >= 0.6 is 0 Å². The summed E-state index contributed by atoms with van der Waals surface area (Å²) in [6, 6.07) is 1.17. The topological polar surface area (TPSA) is 144 Å². The number of nitrogens with zero attached hydrogens (tertiary/aromatic N) is 3. The van der Waals surface area contributed by atoms with Gasteiger partial charge in [0.05, 0.1) is 22.6 Å². The summed E-state index contributed by atoms with van der Waals surface area (Å²) in [5, 5.41) is 27.4. The Morgan fingerprint density at radius 1 is 1.32 bits per heavy atom. The zero-order chi connectivity index (χ0) is 30.9. The van der Waals surface area contributed by atoms with Gasteiger partial charge in [-0.15, -0.1) is 0 Å². The summed E-state index contributed by atoms with van der Waals surface area (Å²) >= 11 is 0. The van der Waals surface area contributed by atoms with Crippen LogP contribution in [0.4, 0.5) is 17.6 Å². The summed E-state index contributed by atoms with van der Waals surface area (Å²) in [5.41, 5.74) is -2.61. The minimum absolute atomic E-state index is 0.0610. The van der Waals surface area contributed by atoms with Gasteiger partial charge in [-0.3, -0.25) is 14.5 Å². The lowest BCUT2D eigenvalue weighted by atomic mass is 9.82. The van der Waals surface area contributed by atoms with Crippen LogP contribution < -0.4 is 10.1 Å². The van der Waals surface area contributed by atoms with Crippen LogP contribution in [-0.2, 0) is 22.8 Å². The van der Waals surface area contributed by atoms with Gasteiger partial charge >= 0.3 is 6.61 Å². The molecule has 15 heteroatoms. The smallest absolute Gasteiger partial charge is 0.387 e. The van der Waals surface area contributed by atoms with Gasteiger partial charge in [-0.05, 0) is 33.1 Å². The van der Waals surface area contributed by atoms with Gasteiger partial charge < -0.3 is 20.3 Å². The lowest BCUT2D eigenvalue weighted by Gasteiger charge is -2.39. The molecule has 0 saturated heterocycles. The normalized spacial score (nSPS) is 21.9. The van der Waals surface area contributed by atoms with E-state index in [9.17, 15) is 41.0 Å². The highest BCUT2D eigenvalue weighted by Crippen LogP contribution is 2.37. The Labute approximate surface area is 236 Å². The number of rotatable bonds is 11. The molecule has 1 aliphatic rings. The summed E-state index contributed by atoms with van der Waals surface area (Å²) in [6.45, 7) is 2.50. The van der Waals surface area contributed by atoms with Crippen LogP contribution in [0.1, 0.15) is 61.8 Å². The number of aliphatic hydroxyl groups excluding tert-OH is 1. The highest BCUT2D eigenvalue weighted by atomic mass is 32.2. The van der Waals surface area contributed by atoms with Crippen LogP contribution in [-0.4, -0.2) is 82.1 Å². The third-order valence-corrected chi connectivity index (χ3v) is 9.13. The van der Waals surface area contributed by atoms with Crippen molar-refractivity contribution in [3.05, 3.63) is 29.2 Å². The van der Waals surface area contributed by atoms with Gasteiger partial charge in [0.1, 0.15) is 21.2 Å². The number of aliphatic hydroxyl groups is 2. The second kappa shape index (κ2) is 12.2. The fourth-order valence-electron chi connectivity index (χ4n) is 4.90. The molecule has 3 N–H and O–H groups in total. The molecule has 1 saturated carbocycles. The highest BCUT2D eigenvalue weighted by molar-refractivity contribution is 7.91. The maximum absolute atomic E-state index is 13.4. The summed E-state index contributed by atoms with van der Waals surface area (Å²) in [4.78, 5) is 17.3. The van der Waals surface area contributed by atoms with Crippen LogP contribution in [0.25, 0.3) is 11.3 Å². The van der Waals surface area contributed by atoms with Gasteiger partial charge in [0, 0.05) is 54.7 Å². The van der Waals surface area contributed by atoms with Gasteiger partial charge in [-0.1, -0.05) is 13.8 Å². The van der Waals surface area contributed by atoms with Crippen molar-refractivity contribution in [1.29, 1.82) is 0 Å². The van der Waals surface area contributed by atoms with E-state index in [1.54, 1.807) is 6.92 Å². The minimum Gasteiger partial charge on any atom is -0.434 e. The molecule has 1 fully saturated rings. The molecule has 3 unspecified atom stereocenters. The van der Waals surface area contributed by atoms with E-state index in [-0.39, 0.29) is 72.7 Å². The van der Waals surface area contributed by atoms with E-state index >= 15 is 0 Å². The van der Waals surface area contributed by atoms with Crippen molar-refractivity contribution >= 4 is 15.7 Å². The van der Waals surface area contributed by atoms with Crippen LogP contribution in [0, 0.1) is 12.3 Å². The molecule has 0 bridgehead atoms. The quantitative estimate of drug-likeness (QED) is 0.330. The number of aromatic nitrogens is 3. The summed E-state index contributed by atoms with van der Waals surface area (Å²) in [7, 11) is -3.41. The van der Waals surface area contributed by atoms with Crippen molar-refractivity contribution in [2.24, 2.45) is 5.41 Å². The monoisotopic (exact) mass is 608 g/mol. The van der Waals surface area contributed by atoms with E-state index in [1.165, 1.54) is 37.7 Å². The molecular weight excluding hydrogens is 572 g/mol. The number of carbonyl (C=O) groups excluding carboxylic acids is 1. The Morgan fingerprint density at radius 2 is 1.98 bits per heavy atom. The minimum atomic E-state index is -3.41. The van der Waals surface area contributed by atoms with E-state index in [4.69, 9.17) is 4.74 Å². The molecule has 1 amide bonds. The van der Waals surface area contributed by atoms with Crippen LogP contribution in [0.15, 0.2) is 12.3 Å². The van der Waals surface area contributed by atoms with Crippen molar-refractivity contribution in [2.45, 2.75) is 89.9 Å². The Balaban J connectivity index is 1.90. The Kier molecular flexibility index (Phi) is 9.75. The number of sulfone groups is 1. The van der Waals surface area contributed by atoms with Gasteiger partial charge in [0.2, 0.25) is 6.43 Å². The number of hydrogen-bond donors (Lipinski definition) is 3. The summed E-state index contributed by atoms with van der Waals surface area (Å²) < 4.78 is 83.2. The molecule has 0 radical (unpaired) electrons. The first-order valence-corrected chi connectivity index (χ1v) is 15.0. The predicted molar refractivity (Wildman–Crippen MR) is 142 cm³/mol. The van der Waals surface area contributed by atoms with Crippen LogP contribution in [0.2, 0.25) is 0 Å². The van der Waals surface area contributed by atoms with Crippen molar-refractivity contribution in [1.82, 2.24) is 20.1 Å². The lowest BCUT2D eigenvalue weighted by molar-refractivity contribution is -0.0950. The van der Waals surface area contributed by atoms with Crippen molar-refractivity contribution in [3.8, 4) is 17.0 Å². The molecule has 0 aliphatic heterocycles. The number of carbonyl (C=O) groups is 1. The number of nitrogens with one attached hydrogen (secondary N) is 1. The third-order valence-electron chi connectivity index (χ3n) is 7.49. The maximum Gasteiger partial charge on any atom is 0.387 e. The Bertz CT molecular complexity index is 1370. The fraction of sp³-hybridized carbons (Fsp3) is 0.654. The third kappa shape index (κ3) is 7.36. The Hall–Kier alpha value is -2.78. The molecule has 3 rings (SSSR count). The summed E-state index contributed by atoms with van der Waals surface area (Å²) in [6.07, 6.45) is -2.13. The maximum atomic E-state index is 13.4. The molecule has 230 valence electrons. The molecule has 10 nitrogen and oxygen atoms in total. The molecule has 2 heterocycles. The van der Waals surface area contributed by atoms with E-state index in [1.807, 2.05) is 0 Å². The van der Waals surface area contributed by atoms with Gasteiger partial charge in [-0.25, -0.2) is 17.2 Å². The van der Waals surface area contributed by atoms with Gasteiger partial charge in [-0.2, -0.15) is 13.9 Å². The fourth-order valence-corrected chi connectivity index (χ4v) is 5.98. The molecule has 2 aromatic rings. The largest absolute Gasteiger partial charge is 0.434 e. The second-order valence-electron chi connectivity index (χ2n) is 11.2. The molecular formula is C26H36F4N4O6S. The van der Waals surface area contributed by atoms with Crippen molar-refractivity contribution in [3.63, 3.8) is 0 Å². The number of alkyl halides is 4. The highest BCUT2D eigenvalue weighted by Gasteiger charge is 2.44. The van der Waals surface area contributed by atoms with Crippen LogP contribution in [0.3, 0.4) is 0 Å². The molecule has 3 atom stereocenters. The number of pyridine rings is 1. The van der Waals surface area contributed by atoms with Crippen molar-refractivity contribution < 1.29 is 45.7 Å². The molecule has 0 aromatic carbocycles. The van der Waals surface area contributed by atoms with Gasteiger partial charge in [0.15, 0.2) is 5.69 Å². The summed E-state index contributed by atoms with van der Waals surface area (Å²) in [5.74, 6) is -1.04.